The van der Waals surface area contributed by atoms with Crippen LogP contribution in [0.4, 0.5) is 0 Å². The topological polar surface area (TPSA) is 78.9 Å². The maximum atomic E-state index is 11.8. The maximum Gasteiger partial charge on any atom is 0.279 e. The molecule has 0 aromatic rings. The van der Waals surface area contributed by atoms with E-state index >= 15 is 0 Å². The van der Waals surface area contributed by atoms with E-state index in [1.54, 1.807) is 13.8 Å². The Hall–Kier alpha value is -0.210. The lowest BCUT2D eigenvalue weighted by Gasteiger charge is -2.23. The molecule has 0 saturated heterocycles. The number of aliphatic hydroxyl groups excluding tert-OH is 1. The number of hydrogen-bond acceptors (Lipinski definition) is 4. The first-order chi connectivity index (χ1) is 7.51. The van der Waals surface area contributed by atoms with E-state index in [0.29, 0.717) is 19.5 Å². The van der Waals surface area contributed by atoms with Crippen LogP contribution in [0.3, 0.4) is 0 Å². The number of ether oxygens (including phenoxy) is 1. The number of hydrogen-bond donors (Lipinski definition) is 2. The summed E-state index contributed by atoms with van der Waals surface area (Å²) in [6, 6.07) is -0.388. The van der Waals surface area contributed by atoms with Crippen LogP contribution in [-0.2, 0) is 14.9 Å². The van der Waals surface area contributed by atoms with E-state index in [-0.39, 0.29) is 19.3 Å². The summed E-state index contributed by atoms with van der Waals surface area (Å²) in [6.07, 6.45) is 0.342. The molecule has 0 fully saturated rings. The van der Waals surface area contributed by atoms with E-state index in [0.717, 1.165) is 0 Å². The molecule has 0 rings (SSSR count). The summed E-state index contributed by atoms with van der Waals surface area (Å²) in [7, 11) is -1.98. The summed E-state index contributed by atoms with van der Waals surface area (Å²) < 4.78 is 32.4. The third-order valence-corrected chi connectivity index (χ3v) is 4.03. The van der Waals surface area contributed by atoms with Crippen molar-refractivity contribution in [3.8, 4) is 0 Å². The number of nitrogens with zero attached hydrogens (tertiary/aromatic N) is 1. The van der Waals surface area contributed by atoms with E-state index in [4.69, 9.17) is 9.84 Å². The summed E-state index contributed by atoms with van der Waals surface area (Å²) in [5.74, 6) is 0. The SMILES string of the molecule is CCN(CC)S(=O)(=O)NC(CCO)COC. The summed E-state index contributed by atoms with van der Waals surface area (Å²) in [4.78, 5) is 0. The van der Waals surface area contributed by atoms with Crippen molar-refractivity contribution in [1.82, 2.24) is 9.03 Å². The van der Waals surface area contributed by atoms with Gasteiger partial charge in [0.2, 0.25) is 0 Å². The highest BCUT2D eigenvalue weighted by Crippen LogP contribution is 2.01. The predicted octanol–water partition coefficient (Wildman–Crippen LogP) is -0.440. The molecule has 0 aliphatic heterocycles. The van der Waals surface area contributed by atoms with Crippen molar-refractivity contribution in [3.05, 3.63) is 0 Å². The van der Waals surface area contributed by atoms with Crippen molar-refractivity contribution in [3.63, 3.8) is 0 Å². The highest BCUT2D eigenvalue weighted by molar-refractivity contribution is 7.87. The van der Waals surface area contributed by atoms with Crippen molar-refractivity contribution in [1.29, 1.82) is 0 Å². The minimum absolute atomic E-state index is 0.0746. The van der Waals surface area contributed by atoms with Crippen molar-refractivity contribution < 1.29 is 18.3 Å². The minimum atomic E-state index is -3.47. The van der Waals surface area contributed by atoms with Gasteiger partial charge in [-0.1, -0.05) is 13.8 Å². The Kier molecular flexibility index (Phi) is 7.86. The Bertz CT molecular complexity index is 259. The van der Waals surface area contributed by atoms with Crippen molar-refractivity contribution in [2.45, 2.75) is 26.3 Å². The molecular weight excluding hydrogens is 232 g/mol. The second kappa shape index (κ2) is 7.97. The molecule has 0 aliphatic carbocycles. The van der Waals surface area contributed by atoms with Crippen LogP contribution in [0.1, 0.15) is 20.3 Å². The van der Waals surface area contributed by atoms with Gasteiger partial charge in [0.15, 0.2) is 0 Å². The zero-order chi connectivity index (χ0) is 12.6. The maximum absolute atomic E-state index is 11.8. The van der Waals surface area contributed by atoms with Gasteiger partial charge in [-0.05, 0) is 6.42 Å². The van der Waals surface area contributed by atoms with Crippen LogP contribution in [0.2, 0.25) is 0 Å². The highest BCUT2D eigenvalue weighted by atomic mass is 32.2. The van der Waals surface area contributed by atoms with Gasteiger partial charge in [-0.15, -0.1) is 0 Å². The molecule has 0 spiro atoms. The van der Waals surface area contributed by atoms with Gasteiger partial charge >= 0.3 is 0 Å². The molecule has 6 nitrogen and oxygen atoms in total. The lowest BCUT2D eigenvalue weighted by Crippen LogP contribution is -2.47. The van der Waals surface area contributed by atoms with Gasteiger partial charge in [0.1, 0.15) is 0 Å². The van der Waals surface area contributed by atoms with Crippen LogP contribution >= 0.6 is 0 Å². The van der Waals surface area contributed by atoms with Crippen LogP contribution in [0.25, 0.3) is 0 Å². The molecule has 98 valence electrons. The zero-order valence-electron chi connectivity index (χ0n) is 10.1. The van der Waals surface area contributed by atoms with E-state index in [1.807, 2.05) is 0 Å². The quantitative estimate of drug-likeness (QED) is 0.585. The smallest absolute Gasteiger partial charge is 0.279 e. The van der Waals surface area contributed by atoms with Gasteiger partial charge in [-0.2, -0.15) is 17.4 Å². The predicted molar refractivity (Wildman–Crippen MR) is 62.3 cm³/mol. The molecular formula is C9H22N2O4S. The molecule has 0 bridgehead atoms. The zero-order valence-corrected chi connectivity index (χ0v) is 11.0. The summed E-state index contributed by atoms with van der Waals surface area (Å²) >= 11 is 0. The second-order valence-electron chi connectivity index (χ2n) is 3.37. The molecule has 0 aliphatic rings. The molecule has 0 amide bonds. The van der Waals surface area contributed by atoms with Crippen molar-refractivity contribution >= 4 is 10.2 Å². The normalized spacial score (nSPS) is 14.3. The largest absolute Gasteiger partial charge is 0.396 e. The molecule has 1 unspecified atom stereocenters. The molecule has 7 heteroatoms. The molecule has 0 aromatic carbocycles. The summed E-state index contributed by atoms with van der Waals surface area (Å²) in [6.45, 7) is 4.57. The fraction of sp³-hybridized carbons (Fsp3) is 1.00. The van der Waals surface area contributed by atoms with E-state index < -0.39 is 10.2 Å². The monoisotopic (exact) mass is 254 g/mol. The van der Waals surface area contributed by atoms with Gasteiger partial charge < -0.3 is 9.84 Å². The van der Waals surface area contributed by atoms with E-state index in [2.05, 4.69) is 4.72 Å². The van der Waals surface area contributed by atoms with Crippen molar-refractivity contribution in [2.75, 3.05) is 33.4 Å². The number of rotatable bonds is 9. The van der Waals surface area contributed by atoms with Crippen LogP contribution in [0, 0.1) is 0 Å². The number of nitrogens with one attached hydrogen (secondary N) is 1. The second-order valence-corrected chi connectivity index (χ2v) is 5.07. The third kappa shape index (κ3) is 5.22. The molecule has 0 radical (unpaired) electrons. The average molecular weight is 254 g/mol. The molecule has 0 saturated carbocycles. The van der Waals surface area contributed by atoms with Crippen LogP contribution in [0.5, 0.6) is 0 Å². The molecule has 2 N–H and O–H groups in total. The number of methoxy groups -OCH3 is 1. The molecule has 1 atom stereocenters. The minimum Gasteiger partial charge on any atom is -0.396 e. The van der Waals surface area contributed by atoms with E-state index in [1.165, 1.54) is 11.4 Å². The lowest BCUT2D eigenvalue weighted by atomic mass is 10.2. The van der Waals surface area contributed by atoms with Crippen LogP contribution < -0.4 is 4.72 Å². The average Bonchev–Trinajstić information content (AvgIpc) is 2.19. The lowest BCUT2D eigenvalue weighted by molar-refractivity contribution is 0.157. The first-order valence-corrected chi connectivity index (χ1v) is 6.83. The first-order valence-electron chi connectivity index (χ1n) is 5.39. The summed E-state index contributed by atoms with van der Waals surface area (Å²) in [5.41, 5.74) is 0. The Morgan fingerprint density at radius 3 is 2.31 bits per heavy atom. The van der Waals surface area contributed by atoms with Crippen LogP contribution in [0.15, 0.2) is 0 Å². The van der Waals surface area contributed by atoms with Gasteiger partial charge in [0.25, 0.3) is 10.2 Å². The van der Waals surface area contributed by atoms with Gasteiger partial charge in [0.05, 0.1) is 6.61 Å². The van der Waals surface area contributed by atoms with Gasteiger partial charge in [-0.25, -0.2) is 0 Å². The fourth-order valence-corrected chi connectivity index (χ4v) is 2.82. The fourth-order valence-electron chi connectivity index (χ4n) is 1.38. The standard InChI is InChI=1S/C9H22N2O4S/c1-4-11(5-2)16(13,14)10-9(6-7-12)8-15-3/h9-10,12H,4-8H2,1-3H3. The van der Waals surface area contributed by atoms with Crippen LogP contribution in [-0.4, -0.2) is 57.3 Å². The Balaban J connectivity index is 4.51. The number of aliphatic hydroxyl groups is 1. The van der Waals surface area contributed by atoms with E-state index in [9.17, 15) is 8.42 Å². The Labute approximate surface area is 97.8 Å². The molecule has 0 heterocycles. The van der Waals surface area contributed by atoms with Gasteiger partial charge in [-0.3, -0.25) is 0 Å². The molecule has 16 heavy (non-hydrogen) atoms. The third-order valence-electron chi connectivity index (χ3n) is 2.21. The van der Waals surface area contributed by atoms with Crippen molar-refractivity contribution in [2.24, 2.45) is 0 Å². The molecule has 0 aromatic heterocycles. The van der Waals surface area contributed by atoms with Gasteiger partial charge in [0, 0.05) is 32.8 Å². The first kappa shape index (κ1) is 15.8. The Morgan fingerprint density at radius 1 is 1.38 bits per heavy atom. The highest BCUT2D eigenvalue weighted by Gasteiger charge is 2.22. The summed E-state index contributed by atoms with van der Waals surface area (Å²) in [5, 5.41) is 8.81. The Morgan fingerprint density at radius 2 is 1.94 bits per heavy atom.